The molecule has 0 saturated carbocycles. The number of allylic oxidation sites excluding steroid dienone is 4. The van der Waals surface area contributed by atoms with Crippen molar-refractivity contribution in [1.29, 1.82) is 0 Å². The van der Waals surface area contributed by atoms with E-state index in [-0.39, 0.29) is 69.1 Å². The Kier molecular flexibility index (Phi) is 19.1. The van der Waals surface area contributed by atoms with Crippen LogP contribution in [0, 0.1) is 0 Å². The van der Waals surface area contributed by atoms with E-state index in [0.29, 0.717) is 0 Å². The van der Waals surface area contributed by atoms with E-state index in [1.165, 1.54) is 0 Å². The maximum atomic E-state index is 4.21. The van der Waals surface area contributed by atoms with Gasteiger partial charge in [0.2, 0.25) is 5.62 Å². The fourth-order valence-electron chi connectivity index (χ4n) is 1.49. The van der Waals surface area contributed by atoms with Gasteiger partial charge in [-0.25, -0.2) is 0 Å². The van der Waals surface area contributed by atoms with E-state index in [1.54, 1.807) is 7.05 Å². The molecule has 0 bridgehead atoms. The number of hydrogen-bond acceptors (Lipinski definition) is 3. The van der Waals surface area contributed by atoms with Gasteiger partial charge in [-0.2, -0.15) is 0 Å². The second-order valence-electron chi connectivity index (χ2n) is 3.76. The molecule has 0 spiro atoms. The maximum absolute atomic E-state index is 4.21. The first kappa shape index (κ1) is 29.6. The summed E-state index contributed by atoms with van der Waals surface area (Å²) in [6.45, 7) is 0. The van der Waals surface area contributed by atoms with Crippen molar-refractivity contribution in [2.24, 2.45) is 29.3 Å². The van der Waals surface area contributed by atoms with Crippen LogP contribution in [0.25, 0.3) is 0 Å². The van der Waals surface area contributed by atoms with E-state index in [4.69, 9.17) is 0 Å². The van der Waals surface area contributed by atoms with Gasteiger partial charge in [-0.15, -0.1) is 22.6 Å². The molecule has 0 N–H and O–H groups in total. The van der Waals surface area contributed by atoms with Gasteiger partial charge in [0.1, 0.15) is 0 Å². The van der Waals surface area contributed by atoms with Crippen LogP contribution in [0.15, 0.2) is 51.9 Å². The van der Waals surface area contributed by atoms with E-state index in [0.717, 1.165) is 17.0 Å². The zero-order valence-corrected chi connectivity index (χ0v) is 18.5. The molecule has 5 nitrogen and oxygen atoms in total. The van der Waals surface area contributed by atoms with Gasteiger partial charge in [0.25, 0.3) is 0 Å². The van der Waals surface area contributed by atoms with Gasteiger partial charge in [-0.1, -0.05) is 0 Å². The summed E-state index contributed by atoms with van der Waals surface area (Å²) in [7, 11) is 5.64. The maximum Gasteiger partial charge on any atom is 2.00 e. The van der Waals surface area contributed by atoms with Gasteiger partial charge < -0.3 is 46.4 Å². The smallest absolute Gasteiger partial charge is 1.00 e. The number of aryl methyl sites for hydroxylation is 2. The average Bonchev–Trinajstić information content (AvgIpc) is 2.67. The topological polar surface area (TPSA) is 46.9 Å². The standard InChI is InChI=1S/C12H15N5.4ClH.Zn/c1-13-10-4-6-11(7-5-10)14-15-12-16(2)8-9-17(12)3;;;;;/h4-9H,1-3H3;4*1H;/q;;;;;+2/p-3. The molecular weight excluding hydrogens is 421 g/mol. The molecule has 1 aromatic rings. The number of rotatable bonds is 1. The van der Waals surface area contributed by atoms with E-state index in [9.17, 15) is 0 Å². The molecule has 0 saturated heterocycles. The SMILES string of the molecule is CN=C1C=CC(=NN=c2n(C)ccn2C)C=C1.Cl.[Cl-].[Cl-].[Cl-].[Zn+2]. The van der Waals surface area contributed by atoms with Crippen LogP contribution < -0.4 is 42.8 Å². The normalized spacial score (nSPS) is 10.9. The zero-order chi connectivity index (χ0) is 12.3. The molecule has 0 amide bonds. The molecule has 1 heterocycles. The summed E-state index contributed by atoms with van der Waals surface area (Å²) in [5, 5.41) is 8.40. The summed E-state index contributed by atoms with van der Waals surface area (Å²) >= 11 is 0. The van der Waals surface area contributed by atoms with Crippen LogP contribution in [0.5, 0.6) is 0 Å². The molecule has 1 aliphatic carbocycles. The predicted molar refractivity (Wildman–Crippen MR) is 76.3 cm³/mol. The van der Waals surface area contributed by atoms with Gasteiger partial charge in [0.15, 0.2) is 0 Å². The fraction of sp³-hybridized carbons (Fsp3) is 0.250. The summed E-state index contributed by atoms with van der Waals surface area (Å²) in [6.07, 6.45) is 11.5. The Bertz CT molecular complexity index is 573. The molecule has 120 valence electrons. The first-order valence-corrected chi connectivity index (χ1v) is 5.33. The molecule has 0 aromatic carbocycles. The van der Waals surface area contributed by atoms with Crippen LogP contribution in [0.3, 0.4) is 0 Å². The second kappa shape index (κ2) is 14.2. The molecule has 1 aromatic heterocycles. The van der Waals surface area contributed by atoms with Crippen LogP contribution in [0.1, 0.15) is 0 Å². The minimum Gasteiger partial charge on any atom is -1.00 e. The van der Waals surface area contributed by atoms with Crippen molar-refractivity contribution in [2.45, 2.75) is 0 Å². The number of halogens is 4. The van der Waals surface area contributed by atoms with Crippen LogP contribution in [-0.4, -0.2) is 27.6 Å². The van der Waals surface area contributed by atoms with Crippen molar-refractivity contribution in [3.8, 4) is 0 Å². The molecule has 0 radical (unpaired) electrons. The number of aliphatic imine (C=N–C) groups is 1. The number of hydrogen-bond donors (Lipinski definition) is 0. The molecule has 0 aliphatic heterocycles. The first-order valence-electron chi connectivity index (χ1n) is 5.33. The summed E-state index contributed by atoms with van der Waals surface area (Å²) < 4.78 is 3.83. The van der Waals surface area contributed by atoms with Gasteiger partial charge in [0, 0.05) is 33.5 Å². The summed E-state index contributed by atoms with van der Waals surface area (Å²) in [6, 6.07) is 0. The first-order chi connectivity index (χ1) is 8.20. The van der Waals surface area contributed by atoms with Crippen molar-refractivity contribution in [1.82, 2.24) is 9.13 Å². The van der Waals surface area contributed by atoms with E-state index in [2.05, 4.69) is 15.2 Å². The summed E-state index contributed by atoms with van der Waals surface area (Å²) in [5.74, 6) is 0. The number of imidazole rings is 1. The Balaban J connectivity index is -0.000000324. The van der Waals surface area contributed by atoms with Crippen LogP contribution in [0.2, 0.25) is 0 Å². The Morgan fingerprint density at radius 1 is 0.773 bits per heavy atom. The van der Waals surface area contributed by atoms with Gasteiger partial charge >= 0.3 is 19.5 Å². The van der Waals surface area contributed by atoms with Crippen LogP contribution in [-0.2, 0) is 33.6 Å². The quantitative estimate of drug-likeness (QED) is 0.238. The van der Waals surface area contributed by atoms with Crippen LogP contribution >= 0.6 is 12.4 Å². The molecule has 2 rings (SSSR count). The summed E-state index contributed by atoms with van der Waals surface area (Å²) in [4.78, 5) is 4.07. The average molecular weight is 437 g/mol. The van der Waals surface area contributed by atoms with E-state index in [1.807, 2.05) is 59.9 Å². The third-order valence-corrected chi connectivity index (χ3v) is 2.51. The molecule has 22 heavy (non-hydrogen) atoms. The zero-order valence-electron chi connectivity index (χ0n) is 12.4. The molecular formula is C12H16Cl4N5Zn-. The number of nitrogens with zero attached hydrogens (tertiary/aromatic N) is 5. The predicted octanol–water partition coefficient (Wildman–Crippen LogP) is -7.75. The molecule has 10 heteroatoms. The van der Waals surface area contributed by atoms with E-state index < -0.39 is 0 Å². The van der Waals surface area contributed by atoms with Gasteiger partial charge in [-0.3, -0.25) is 4.99 Å². The van der Waals surface area contributed by atoms with Crippen molar-refractivity contribution in [3.63, 3.8) is 0 Å². The largest absolute Gasteiger partial charge is 2.00 e. The molecule has 0 fully saturated rings. The van der Waals surface area contributed by atoms with Crippen molar-refractivity contribution >= 4 is 23.8 Å². The second-order valence-corrected chi connectivity index (χ2v) is 3.76. The van der Waals surface area contributed by atoms with Crippen molar-refractivity contribution in [3.05, 3.63) is 42.3 Å². The van der Waals surface area contributed by atoms with Crippen molar-refractivity contribution < 1.29 is 56.7 Å². The Hall–Kier alpha value is -0.387. The summed E-state index contributed by atoms with van der Waals surface area (Å²) in [5.41, 5.74) is 2.56. The third-order valence-electron chi connectivity index (χ3n) is 2.51. The Labute approximate surface area is 167 Å². The van der Waals surface area contributed by atoms with Gasteiger partial charge in [-0.05, 0) is 24.3 Å². The third kappa shape index (κ3) is 7.75. The minimum atomic E-state index is 0. The van der Waals surface area contributed by atoms with Gasteiger partial charge in [0.05, 0.1) is 11.4 Å². The van der Waals surface area contributed by atoms with Crippen LogP contribution in [0.4, 0.5) is 0 Å². The monoisotopic (exact) mass is 434 g/mol. The minimum absolute atomic E-state index is 0. The number of aromatic nitrogens is 2. The van der Waals surface area contributed by atoms with Crippen molar-refractivity contribution in [2.75, 3.05) is 7.05 Å². The van der Waals surface area contributed by atoms with E-state index >= 15 is 0 Å². The Morgan fingerprint density at radius 2 is 1.18 bits per heavy atom. The Morgan fingerprint density at radius 3 is 1.59 bits per heavy atom. The molecule has 0 atom stereocenters. The molecule has 0 unspecified atom stereocenters. The molecule has 1 aliphatic rings. The fourth-order valence-corrected chi connectivity index (χ4v) is 1.49.